The molecule has 1 aliphatic rings. The Labute approximate surface area is 109 Å². The molecule has 18 heavy (non-hydrogen) atoms. The Morgan fingerprint density at radius 3 is 2.33 bits per heavy atom. The van der Waals surface area contributed by atoms with E-state index in [1.165, 1.54) is 6.42 Å². The number of rotatable bonds is 3. The molecule has 0 aliphatic heterocycles. The smallest absolute Gasteiger partial charge is 0.263 e. The van der Waals surface area contributed by atoms with Gasteiger partial charge >= 0.3 is 0 Å². The van der Waals surface area contributed by atoms with Gasteiger partial charge in [0.25, 0.3) is 10.1 Å². The molecule has 0 bridgehead atoms. The molecule has 100 valence electrons. The van der Waals surface area contributed by atoms with E-state index < -0.39 is 10.1 Å². The first kappa shape index (κ1) is 13.6. The number of hydrogen-bond acceptors (Lipinski definition) is 3. The van der Waals surface area contributed by atoms with E-state index in [1.54, 1.807) is 24.3 Å². The van der Waals surface area contributed by atoms with Crippen LogP contribution in [0, 0.1) is 12.8 Å². The van der Waals surface area contributed by atoms with Crippen molar-refractivity contribution in [2.75, 3.05) is 0 Å². The molecule has 1 aliphatic carbocycles. The summed E-state index contributed by atoms with van der Waals surface area (Å²) in [6.45, 7) is 3.99. The number of aryl methyl sites for hydroxylation is 1. The highest BCUT2D eigenvalue weighted by atomic mass is 32.2. The molecule has 0 N–H and O–H groups in total. The second-order valence-corrected chi connectivity index (χ2v) is 6.74. The molecule has 0 radical (unpaired) electrons. The molecule has 0 amide bonds. The Morgan fingerprint density at radius 1 is 1.11 bits per heavy atom. The van der Waals surface area contributed by atoms with Gasteiger partial charge in [-0.25, -0.2) is 0 Å². The van der Waals surface area contributed by atoms with Crippen molar-refractivity contribution < 1.29 is 12.6 Å². The topological polar surface area (TPSA) is 43.4 Å². The molecular formula is C14H20O3S. The Morgan fingerprint density at radius 2 is 1.72 bits per heavy atom. The van der Waals surface area contributed by atoms with Crippen LogP contribution < -0.4 is 0 Å². The van der Waals surface area contributed by atoms with E-state index >= 15 is 0 Å². The summed E-state index contributed by atoms with van der Waals surface area (Å²) in [5, 5.41) is 0. The largest absolute Gasteiger partial charge is 0.297 e. The first-order valence-corrected chi connectivity index (χ1v) is 7.90. The Kier molecular flexibility index (Phi) is 4.07. The van der Waals surface area contributed by atoms with Gasteiger partial charge in [0, 0.05) is 0 Å². The fourth-order valence-electron chi connectivity index (χ4n) is 2.35. The lowest BCUT2D eigenvalue weighted by Gasteiger charge is -2.27. The summed E-state index contributed by atoms with van der Waals surface area (Å²) >= 11 is 0. The Hall–Kier alpha value is -0.870. The van der Waals surface area contributed by atoms with Crippen LogP contribution in [-0.4, -0.2) is 14.5 Å². The zero-order chi connectivity index (χ0) is 13.2. The third kappa shape index (κ3) is 3.12. The average Bonchev–Trinajstić information content (AvgIpc) is 2.32. The van der Waals surface area contributed by atoms with Crippen LogP contribution >= 0.6 is 0 Å². The minimum Gasteiger partial charge on any atom is -0.263 e. The van der Waals surface area contributed by atoms with Gasteiger partial charge in [-0.1, -0.05) is 37.5 Å². The number of benzene rings is 1. The predicted octanol–water partition coefficient (Wildman–Crippen LogP) is 3.28. The molecular weight excluding hydrogens is 248 g/mol. The van der Waals surface area contributed by atoms with Crippen molar-refractivity contribution in [3.63, 3.8) is 0 Å². The molecule has 1 aromatic rings. The number of hydrogen-bond donors (Lipinski definition) is 0. The molecule has 0 saturated heterocycles. The summed E-state index contributed by atoms with van der Waals surface area (Å²) in [4.78, 5) is 0.255. The summed E-state index contributed by atoms with van der Waals surface area (Å²) in [5.74, 6) is 0.318. The summed E-state index contributed by atoms with van der Waals surface area (Å²) in [5.41, 5.74) is 1.04. The second kappa shape index (κ2) is 5.41. The molecule has 0 heterocycles. The molecule has 1 aromatic carbocycles. The summed E-state index contributed by atoms with van der Waals surface area (Å²) < 4.78 is 29.7. The van der Waals surface area contributed by atoms with E-state index in [9.17, 15) is 8.42 Å². The van der Waals surface area contributed by atoms with E-state index in [-0.39, 0.29) is 11.0 Å². The SMILES string of the molecule is Cc1ccc(S(=O)(=O)O[C@@H]2CCCC[C@@H]2C)cc1. The van der Waals surface area contributed by atoms with Gasteiger partial charge in [-0.05, 0) is 37.8 Å². The van der Waals surface area contributed by atoms with Gasteiger partial charge < -0.3 is 0 Å². The molecule has 0 unspecified atom stereocenters. The van der Waals surface area contributed by atoms with Crippen molar-refractivity contribution in [1.82, 2.24) is 0 Å². The monoisotopic (exact) mass is 268 g/mol. The normalized spacial score (nSPS) is 25.0. The first-order chi connectivity index (χ1) is 8.49. The zero-order valence-corrected chi connectivity index (χ0v) is 11.7. The van der Waals surface area contributed by atoms with Crippen LogP contribution in [0.25, 0.3) is 0 Å². The highest BCUT2D eigenvalue weighted by molar-refractivity contribution is 7.86. The minimum atomic E-state index is -3.61. The minimum absolute atomic E-state index is 0.162. The summed E-state index contributed by atoms with van der Waals surface area (Å²) in [6, 6.07) is 6.80. The maximum atomic E-state index is 12.1. The van der Waals surface area contributed by atoms with E-state index in [0.29, 0.717) is 5.92 Å². The van der Waals surface area contributed by atoms with Crippen LogP contribution in [0.2, 0.25) is 0 Å². The molecule has 0 aromatic heterocycles. The molecule has 1 fully saturated rings. The fourth-order valence-corrected chi connectivity index (χ4v) is 3.54. The van der Waals surface area contributed by atoms with Crippen molar-refractivity contribution in [2.24, 2.45) is 5.92 Å². The molecule has 2 atom stereocenters. The van der Waals surface area contributed by atoms with Crippen LogP contribution in [0.4, 0.5) is 0 Å². The molecule has 2 rings (SSSR count). The first-order valence-electron chi connectivity index (χ1n) is 6.49. The summed E-state index contributed by atoms with van der Waals surface area (Å²) in [6.07, 6.45) is 3.95. The predicted molar refractivity (Wildman–Crippen MR) is 70.9 cm³/mol. The second-order valence-electron chi connectivity index (χ2n) is 5.16. The average molecular weight is 268 g/mol. The lowest BCUT2D eigenvalue weighted by Crippen LogP contribution is -2.28. The molecule has 4 heteroatoms. The Bertz CT molecular complexity index is 490. The molecule has 3 nitrogen and oxygen atoms in total. The van der Waals surface area contributed by atoms with Crippen molar-refractivity contribution in [3.8, 4) is 0 Å². The van der Waals surface area contributed by atoms with Gasteiger partial charge in [-0.2, -0.15) is 8.42 Å². The van der Waals surface area contributed by atoms with Crippen LogP contribution in [0.15, 0.2) is 29.2 Å². The lowest BCUT2D eigenvalue weighted by molar-refractivity contribution is 0.109. The van der Waals surface area contributed by atoms with E-state index in [2.05, 4.69) is 6.92 Å². The quantitative estimate of drug-likeness (QED) is 0.790. The highest BCUT2D eigenvalue weighted by Crippen LogP contribution is 2.29. The van der Waals surface area contributed by atoms with Crippen LogP contribution in [0.1, 0.15) is 38.2 Å². The van der Waals surface area contributed by atoms with Gasteiger partial charge in [0.2, 0.25) is 0 Å². The maximum Gasteiger partial charge on any atom is 0.297 e. The molecule has 1 saturated carbocycles. The van der Waals surface area contributed by atoms with E-state index in [4.69, 9.17) is 4.18 Å². The zero-order valence-electron chi connectivity index (χ0n) is 10.9. The van der Waals surface area contributed by atoms with Crippen molar-refractivity contribution in [2.45, 2.75) is 50.5 Å². The van der Waals surface area contributed by atoms with Gasteiger partial charge in [0.1, 0.15) is 0 Å². The Balaban J connectivity index is 2.13. The van der Waals surface area contributed by atoms with E-state index in [1.807, 2.05) is 6.92 Å². The van der Waals surface area contributed by atoms with E-state index in [0.717, 1.165) is 24.8 Å². The van der Waals surface area contributed by atoms with Gasteiger partial charge in [-0.3, -0.25) is 4.18 Å². The van der Waals surface area contributed by atoms with Crippen molar-refractivity contribution in [1.29, 1.82) is 0 Å². The van der Waals surface area contributed by atoms with Gasteiger partial charge in [-0.15, -0.1) is 0 Å². The van der Waals surface area contributed by atoms with Crippen molar-refractivity contribution >= 4 is 10.1 Å². The summed E-state index contributed by atoms with van der Waals surface area (Å²) in [7, 11) is -3.61. The highest BCUT2D eigenvalue weighted by Gasteiger charge is 2.28. The van der Waals surface area contributed by atoms with Crippen molar-refractivity contribution in [3.05, 3.63) is 29.8 Å². The fraction of sp³-hybridized carbons (Fsp3) is 0.571. The van der Waals surface area contributed by atoms with Gasteiger partial charge in [0.15, 0.2) is 0 Å². The lowest BCUT2D eigenvalue weighted by atomic mass is 9.88. The van der Waals surface area contributed by atoms with Crippen LogP contribution in [-0.2, 0) is 14.3 Å². The third-order valence-corrected chi connectivity index (χ3v) is 4.94. The standard InChI is InChI=1S/C14H20O3S/c1-11-7-9-13(10-8-11)18(15,16)17-14-6-4-3-5-12(14)2/h7-10,12,14H,3-6H2,1-2H3/t12-,14+/m0/s1. The van der Waals surface area contributed by atoms with Crippen LogP contribution in [0.5, 0.6) is 0 Å². The van der Waals surface area contributed by atoms with Crippen LogP contribution in [0.3, 0.4) is 0 Å². The maximum absolute atomic E-state index is 12.1. The third-order valence-electron chi connectivity index (χ3n) is 3.59. The van der Waals surface area contributed by atoms with Gasteiger partial charge in [0.05, 0.1) is 11.0 Å². The molecule has 0 spiro atoms.